The van der Waals surface area contributed by atoms with Crippen LogP contribution in [0.15, 0.2) is 12.4 Å². The second-order valence-electron chi connectivity index (χ2n) is 3.57. The van der Waals surface area contributed by atoms with Gasteiger partial charge in [0.05, 0.1) is 6.10 Å². The molecule has 0 radical (unpaired) electrons. The number of nitrogens with zero attached hydrogens (tertiary/aromatic N) is 2. The summed E-state index contributed by atoms with van der Waals surface area (Å²) < 4.78 is 10.9. The maximum Gasteiger partial charge on any atom is 0.243 e. The van der Waals surface area contributed by atoms with Crippen LogP contribution in [0.2, 0.25) is 0 Å². The number of nitrogen functional groups attached to an aromatic ring is 1. The summed E-state index contributed by atoms with van der Waals surface area (Å²) in [6.07, 6.45) is 5.17. The lowest BCUT2D eigenvalue weighted by Crippen LogP contribution is -2.20. The molecule has 1 aliphatic heterocycles. The molecule has 0 aromatic carbocycles. The van der Waals surface area contributed by atoms with Gasteiger partial charge in [0.15, 0.2) is 5.69 Å². The highest BCUT2D eigenvalue weighted by Crippen LogP contribution is 2.15. The topological polar surface area (TPSA) is 94.1 Å². The van der Waals surface area contributed by atoms with Gasteiger partial charge in [-0.1, -0.05) is 0 Å². The van der Waals surface area contributed by atoms with Crippen molar-refractivity contribution in [3.05, 3.63) is 18.1 Å². The van der Waals surface area contributed by atoms with E-state index in [-0.39, 0.29) is 17.6 Å². The zero-order chi connectivity index (χ0) is 11.4. The third-order valence-electron chi connectivity index (χ3n) is 2.35. The number of hydrogen-bond acceptors (Lipinski definition) is 5. The van der Waals surface area contributed by atoms with Crippen molar-refractivity contribution in [1.29, 1.82) is 5.41 Å². The molecule has 0 bridgehead atoms. The summed E-state index contributed by atoms with van der Waals surface area (Å²) in [5.74, 6) is 0.154. The van der Waals surface area contributed by atoms with Crippen LogP contribution in [0.5, 0.6) is 5.88 Å². The van der Waals surface area contributed by atoms with Crippen molar-refractivity contribution >= 4 is 5.84 Å². The summed E-state index contributed by atoms with van der Waals surface area (Å²) in [7, 11) is 0. The quantitative estimate of drug-likeness (QED) is 0.565. The van der Waals surface area contributed by atoms with Crippen molar-refractivity contribution in [2.45, 2.75) is 18.9 Å². The number of aromatic nitrogens is 2. The largest absolute Gasteiger partial charge is 0.473 e. The molecular formula is C10H14N4O2. The van der Waals surface area contributed by atoms with Crippen LogP contribution in [0.25, 0.3) is 0 Å². The highest BCUT2D eigenvalue weighted by Gasteiger charge is 2.18. The molecule has 1 saturated heterocycles. The Labute approximate surface area is 93.3 Å². The molecule has 3 N–H and O–H groups in total. The molecule has 1 unspecified atom stereocenters. The fraction of sp³-hybridized carbons (Fsp3) is 0.500. The standard InChI is InChI=1S/C10H14N4O2/c11-9(12)8-10(14-4-3-13-8)16-6-7-2-1-5-15-7/h3-4,7H,1-2,5-6H2,(H3,11,12). The number of rotatable bonds is 4. The lowest BCUT2D eigenvalue weighted by molar-refractivity contribution is 0.0661. The third kappa shape index (κ3) is 2.46. The zero-order valence-electron chi connectivity index (χ0n) is 8.85. The zero-order valence-corrected chi connectivity index (χ0v) is 8.85. The van der Waals surface area contributed by atoms with E-state index in [2.05, 4.69) is 9.97 Å². The van der Waals surface area contributed by atoms with E-state index >= 15 is 0 Å². The average molecular weight is 222 g/mol. The van der Waals surface area contributed by atoms with Crippen LogP contribution in [0, 0.1) is 5.41 Å². The van der Waals surface area contributed by atoms with Crippen molar-refractivity contribution in [2.24, 2.45) is 5.73 Å². The van der Waals surface area contributed by atoms with E-state index in [1.807, 2.05) is 0 Å². The SMILES string of the molecule is N=C(N)c1nccnc1OCC1CCCO1. The Bertz CT molecular complexity index is 377. The van der Waals surface area contributed by atoms with Gasteiger partial charge in [-0.15, -0.1) is 0 Å². The van der Waals surface area contributed by atoms with E-state index in [1.54, 1.807) is 0 Å². The number of amidine groups is 1. The fourth-order valence-corrected chi connectivity index (χ4v) is 1.56. The Morgan fingerprint density at radius 3 is 3.06 bits per heavy atom. The molecule has 6 heteroatoms. The minimum Gasteiger partial charge on any atom is -0.473 e. The smallest absolute Gasteiger partial charge is 0.243 e. The second kappa shape index (κ2) is 4.89. The predicted octanol–water partition coefficient (Wildman–Crippen LogP) is 0.318. The Hall–Kier alpha value is -1.69. The Morgan fingerprint density at radius 2 is 2.38 bits per heavy atom. The summed E-state index contributed by atoms with van der Waals surface area (Å²) in [5.41, 5.74) is 5.65. The summed E-state index contributed by atoms with van der Waals surface area (Å²) in [5, 5.41) is 7.33. The number of nitrogens with two attached hydrogens (primary N) is 1. The number of ether oxygens (including phenoxy) is 2. The molecule has 16 heavy (non-hydrogen) atoms. The van der Waals surface area contributed by atoms with Gasteiger partial charge in [-0.2, -0.15) is 0 Å². The molecule has 1 atom stereocenters. The van der Waals surface area contributed by atoms with E-state index < -0.39 is 0 Å². The van der Waals surface area contributed by atoms with E-state index in [0.29, 0.717) is 12.5 Å². The van der Waals surface area contributed by atoms with Crippen LogP contribution >= 0.6 is 0 Å². The van der Waals surface area contributed by atoms with E-state index in [1.165, 1.54) is 12.4 Å². The number of nitrogens with one attached hydrogen (secondary N) is 1. The summed E-state index contributed by atoms with van der Waals surface area (Å²) in [4.78, 5) is 7.95. The van der Waals surface area contributed by atoms with Gasteiger partial charge in [0, 0.05) is 19.0 Å². The molecule has 86 valence electrons. The molecule has 2 rings (SSSR count). The molecular weight excluding hydrogens is 208 g/mol. The van der Waals surface area contributed by atoms with Crippen LogP contribution in [-0.2, 0) is 4.74 Å². The van der Waals surface area contributed by atoms with E-state index in [9.17, 15) is 0 Å². The summed E-state index contributed by atoms with van der Waals surface area (Å²) in [6.45, 7) is 1.22. The molecule has 1 aromatic heterocycles. The monoisotopic (exact) mass is 222 g/mol. The van der Waals surface area contributed by atoms with Gasteiger partial charge in [0.25, 0.3) is 0 Å². The molecule has 1 aliphatic rings. The summed E-state index contributed by atoms with van der Waals surface area (Å²) in [6, 6.07) is 0. The Balaban J connectivity index is 2.00. The van der Waals surface area contributed by atoms with Gasteiger partial charge in [-0.05, 0) is 12.8 Å². The lowest BCUT2D eigenvalue weighted by Gasteiger charge is -2.12. The van der Waals surface area contributed by atoms with Gasteiger partial charge in [-0.3, -0.25) is 5.41 Å². The molecule has 0 spiro atoms. The Kier molecular flexibility index (Phi) is 3.31. The van der Waals surface area contributed by atoms with Gasteiger partial charge >= 0.3 is 0 Å². The summed E-state index contributed by atoms with van der Waals surface area (Å²) >= 11 is 0. The van der Waals surface area contributed by atoms with Gasteiger partial charge in [0.1, 0.15) is 12.4 Å². The first-order valence-electron chi connectivity index (χ1n) is 5.17. The predicted molar refractivity (Wildman–Crippen MR) is 57.5 cm³/mol. The van der Waals surface area contributed by atoms with Crippen LogP contribution in [0.1, 0.15) is 18.5 Å². The van der Waals surface area contributed by atoms with Crippen LogP contribution in [0.4, 0.5) is 0 Å². The highest BCUT2D eigenvalue weighted by molar-refractivity contribution is 5.94. The molecule has 2 heterocycles. The van der Waals surface area contributed by atoms with E-state index in [0.717, 1.165) is 19.4 Å². The van der Waals surface area contributed by atoms with Crippen molar-refractivity contribution in [1.82, 2.24) is 9.97 Å². The molecule has 0 aliphatic carbocycles. The number of hydrogen-bond donors (Lipinski definition) is 2. The molecule has 0 amide bonds. The second-order valence-corrected chi connectivity index (χ2v) is 3.57. The van der Waals surface area contributed by atoms with Crippen molar-refractivity contribution < 1.29 is 9.47 Å². The van der Waals surface area contributed by atoms with Crippen molar-refractivity contribution in [3.63, 3.8) is 0 Å². The Morgan fingerprint density at radius 1 is 1.56 bits per heavy atom. The minimum atomic E-state index is -0.143. The van der Waals surface area contributed by atoms with Crippen LogP contribution in [0.3, 0.4) is 0 Å². The van der Waals surface area contributed by atoms with Crippen LogP contribution < -0.4 is 10.5 Å². The highest BCUT2D eigenvalue weighted by atomic mass is 16.5. The van der Waals surface area contributed by atoms with Gasteiger partial charge < -0.3 is 15.2 Å². The van der Waals surface area contributed by atoms with Crippen molar-refractivity contribution in [2.75, 3.05) is 13.2 Å². The van der Waals surface area contributed by atoms with Crippen molar-refractivity contribution in [3.8, 4) is 5.88 Å². The average Bonchev–Trinajstić information content (AvgIpc) is 2.79. The normalized spacial score (nSPS) is 19.6. The molecule has 1 aromatic rings. The van der Waals surface area contributed by atoms with E-state index in [4.69, 9.17) is 20.6 Å². The fourth-order valence-electron chi connectivity index (χ4n) is 1.56. The maximum atomic E-state index is 7.33. The first kappa shape index (κ1) is 10.8. The molecule has 0 saturated carbocycles. The first-order valence-corrected chi connectivity index (χ1v) is 5.17. The lowest BCUT2D eigenvalue weighted by atomic mass is 10.2. The minimum absolute atomic E-state index is 0.113. The van der Waals surface area contributed by atoms with Gasteiger partial charge in [0.2, 0.25) is 5.88 Å². The van der Waals surface area contributed by atoms with Gasteiger partial charge in [-0.25, -0.2) is 9.97 Å². The van der Waals surface area contributed by atoms with Crippen LogP contribution in [-0.4, -0.2) is 35.1 Å². The third-order valence-corrected chi connectivity index (χ3v) is 2.35. The maximum absolute atomic E-state index is 7.33. The molecule has 1 fully saturated rings. The molecule has 6 nitrogen and oxygen atoms in total. The first-order chi connectivity index (χ1) is 7.77.